The highest BCUT2D eigenvalue weighted by molar-refractivity contribution is 5.89. The minimum atomic E-state index is -5.08. The second-order valence-electron chi connectivity index (χ2n) is 8.71. The van der Waals surface area contributed by atoms with E-state index in [0.29, 0.717) is 17.9 Å². The highest BCUT2D eigenvalue weighted by Crippen LogP contribution is 2.32. The summed E-state index contributed by atoms with van der Waals surface area (Å²) in [6.45, 7) is 2.36. The zero-order chi connectivity index (χ0) is 28.4. The van der Waals surface area contributed by atoms with Crippen molar-refractivity contribution in [1.82, 2.24) is 34.4 Å². The lowest BCUT2D eigenvalue weighted by atomic mass is 10.1. The molecular formula is C25H22F4N8O3. The number of nitrogens with zero attached hydrogens (tertiary/aromatic N) is 6. The Bertz CT molecular complexity index is 1700. The third-order valence-corrected chi connectivity index (χ3v) is 6.21. The Balaban J connectivity index is 0.000000411. The summed E-state index contributed by atoms with van der Waals surface area (Å²) in [5, 5.41) is 28.6. The van der Waals surface area contributed by atoms with Crippen molar-refractivity contribution >= 4 is 34.2 Å². The maximum absolute atomic E-state index is 14.6. The van der Waals surface area contributed by atoms with Gasteiger partial charge in [0.2, 0.25) is 5.95 Å². The number of halogens is 4. The molecule has 0 aliphatic carbocycles. The third kappa shape index (κ3) is 5.28. The number of alkyl halides is 3. The highest BCUT2D eigenvalue weighted by atomic mass is 19.4. The fraction of sp³-hybridized carbons (Fsp3) is 0.240. The monoisotopic (exact) mass is 558 g/mol. The summed E-state index contributed by atoms with van der Waals surface area (Å²) in [5.74, 6) is -3.03. The number of benzene rings is 1. The fourth-order valence-corrected chi connectivity index (χ4v) is 4.54. The molecule has 5 aromatic rings. The van der Waals surface area contributed by atoms with Crippen molar-refractivity contribution in [3.63, 3.8) is 0 Å². The molecule has 208 valence electrons. The molecule has 0 unspecified atom stereocenters. The number of aliphatic hydroxyl groups is 1. The molecule has 0 radical (unpaired) electrons. The first-order valence-electron chi connectivity index (χ1n) is 12.0. The summed E-state index contributed by atoms with van der Waals surface area (Å²) in [6.07, 6.45) is 0.149. The van der Waals surface area contributed by atoms with Gasteiger partial charge in [-0.05, 0) is 35.9 Å². The zero-order valence-corrected chi connectivity index (χ0v) is 20.7. The van der Waals surface area contributed by atoms with Gasteiger partial charge < -0.3 is 25.4 Å². The zero-order valence-electron chi connectivity index (χ0n) is 20.7. The largest absolute Gasteiger partial charge is 0.490 e. The van der Waals surface area contributed by atoms with Crippen molar-refractivity contribution in [3.05, 3.63) is 66.0 Å². The predicted molar refractivity (Wildman–Crippen MR) is 135 cm³/mol. The van der Waals surface area contributed by atoms with Crippen molar-refractivity contribution in [1.29, 1.82) is 0 Å². The number of aliphatic carboxylic acids is 1. The number of carbonyl (C=O) groups is 1. The van der Waals surface area contributed by atoms with Crippen LogP contribution in [0.2, 0.25) is 0 Å². The Morgan fingerprint density at radius 2 is 1.98 bits per heavy atom. The first-order valence-corrected chi connectivity index (χ1v) is 12.0. The predicted octanol–water partition coefficient (Wildman–Crippen LogP) is 3.29. The van der Waals surface area contributed by atoms with Crippen LogP contribution in [0.1, 0.15) is 11.3 Å². The molecule has 40 heavy (non-hydrogen) atoms. The number of hydrogen-bond donors (Lipinski definition) is 4. The molecule has 4 aromatic heterocycles. The minimum absolute atomic E-state index is 0.0913. The minimum Gasteiger partial charge on any atom is -0.475 e. The third-order valence-electron chi connectivity index (χ3n) is 6.21. The van der Waals surface area contributed by atoms with Crippen LogP contribution in [0.3, 0.4) is 0 Å². The standard InChI is InChI=1S/C23H21FN8O.C2HF3O2/c24-17-12-27-23(30-22(17)20-13-26-21-2-1-6-28-32(20)21)29-14-3-4-18-15(10-14)16-11-25-7-5-19(16)31(18)8-9-33;3-2(4,5)1(6)7/h1-4,6,10,12-13,25,33H,5,7-9,11H2,(H,27,29,30);(H,6,7). The fourth-order valence-electron chi connectivity index (χ4n) is 4.54. The molecule has 0 amide bonds. The summed E-state index contributed by atoms with van der Waals surface area (Å²) < 4.78 is 50.1. The molecule has 0 fully saturated rings. The van der Waals surface area contributed by atoms with E-state index in [1.54, 1.807) is 29.0 Å². The van der Waals surface area contributed by atoms with Gasteiger partial charge in [0, 0.05) is 54.5 Å². The molecule has 6 rings (SSSR count). The van der Waals surface area contributed by atoms with Gasteiger partial charge in [0.1, 0.15) is 11.4 Å². The van der Waals surface area contributed by atoms with Gasteiger partial charge in [0.15, 0.2) is 11.5 Å². The Kier molecular flexibility index (Phi) is 7.32. The summed E-state index contributed by atoms with van der Waals surface area (Å²) in [5.41, 5.74) is 5.56. The SMILES string of the molecule is O=C(O)C(F)(F)F.OCCn1c2c(c3cc(Nc4ncc(F)c(-c5cnc6cccnn56)n4)ccc31)CNCC2. The molecule has 1 aliphatic rings. The number of imidazole rings is 1. The average molecular weight is 558 g/mol. The number of fused-ring (bicyclic) bond motifs is 4. The van der Waals surface area contributed by atoms with E-state index in [-0.39, 0.29) is 18.2 Å². The lowest BCUT2D eigenvalue weighted by Gasteiger charge is -2.16. The molecule has 0 saturated carbocycles. The second-order valence-corrected chi connectivity index (χ2v) is 8.71. The molecule has 1 aliphatic heterocycles. The van der Waals surface area contributed by atoms with Gasteiger partial charge in [-0.25, -0.2) is 28.7 Å². The van der Waals surface area contributed by atoms with E-state index >= 15 is 0 Å². The Labute approximate surface area is 223 Å². The Morgan fingerprint density at radius 3 is 2.73 bits per heavy atom. The van der Waals surface area contributed by atoms with Gasteiger partial charge >= 0.3 is 12.1 Å². The van der Waals surface area contributed by atoms with E-state index in [0.717, 1.165) is 42.3 Å². The number of rotatable bonds is 5. The Hall–Kier alpha value is -4.63. The van der Waals surface area contributed by atoms with Gasteiger partial charge in [-0.1, -0.05) is 0 Å². The average Bonchev–Trinajstić information content (AvgIpc) is 3.49. The van der Waals surface area contributed by atoms with Crippen molar-refractivity contribution in [2.75, 3.05) is 18.5 Å². The molecule has 0 atom stereocenters. The maximum Gasteiger partial charge on any atom is 0.490 e. The van der Waals surface area contributed by atoms with Gasteiger partial charge in [-0.2, -0.15) is 18.3 Å². The number of nitrogens with one attached hydrogen (secondary N) is 2. The van der Waals surface area contributed by atoms with Crippen molar-refractivity contribution in [3.8, 4) is 11.4 Å². The van der Waals surface area contributed by atoms with Crippen LogP contribution in [0.15, 0.2) is 48.9 Å². The van der Waals surface area contributed by atoms with Crippen molar-refractivity contribution < 1.29 is 32.6 Å². The maximum atomic E-state index is 14.6. The molecule has 15 heteroatoms. The van der Waals surface area contributed by atoms with E-state index < -0.39 is 18.0 Å². The van der Waals surface area contributed by atoms with Crippen LogP contribution < -0.4 is 10.6 Å². The summed E-state index contributed by atoms with van der Waals surface area (Å²) in [4.78, 5) is 21.7. The smallest absolute Gasteiger partial charge is 0.475 e. The van der Waals surface area contributed by atoms with Gasteiger partial charge in [-0.3, -0.25) is 0 Å². The number of aliphatic hydroxyl groups excluding tert-OH is 1. The van der Waals surface area contributed by atoms with Crippen LogP contribution in [0.5, 0.6) is 0 Å². The van der Waals surface area contributed by atoms with Gasteiger partial charge in [-0.15, -0.1) is 0 Å². The van der Waals surface area contributed by atoms with Crippen LogP contribution in [-0.2, 0) is 24.3 Å². The van der Waals surface area contributed by atoms with Crippen molar-refractivity contribution in [2.45, 2.75) is 25.7 Å². The van der Waals surface area contributed by atoms with Crippen LogP contribution in [0.4, 0.5) is 29.2 Å². The molecule has 11 nitrogen and oxygen atoms in total. The first kappa shape index (κ1) is 27.0. The van der Waals surface area contributed by atoms with Crippen LogP contribution in [0.25, 0.3) is 27.9 Å². The number of carboxylic acid groups (broad SMARTS) is 1. The molecule has 1 aromatic carbocycles. The molecular weight excluding hydrogens is 536 g/mol. The molecule has 0 saturated heterocycles. The normalized spacial score (nSPS) is 13.1. The highest BCUT2D eigenvalue weighted by Gasteiger charge is 2.38. The van der Waals surface area contributed by atoms with Gasteiger partial charge in [0.05, 0.1) is 19.0 Å². The van der Waals surface area contributed by atoms with Gasteiger partial charge in [0.25, 0.3) is 0 Å². The lowest BCUT2D eigenvalue weighted by molar-refractivity contribution is -0.192. The Morgan fingerprint density at radius 1 is 1.18 bits per heavy atom. The molecule has 4 N–H and O–H groups in total. The van der Waals surface area contributed by atoms with E-state index in [1.165, 1.54) is 11.3 Å². The van der Waals surface area contributed by atoms with E-state index in [1.807, 2.05) is 12.1 Å². The van der Waals surface area contributed by atoms with E-state index in [4.69, 9.17) is 9.90 Å². The summed E-state index contributed by atoms with van der Waals surface area (Å²) in [6, 6.07) is 9.59. The summed E-state index contributed by atoms with van der Waals surface area (Å²) >= 11 is 0. The quantitative estimate of drug-likeness (QED) is 0.239. The second kappa shape index (κ2) is 10.9. The van der Waals surface area contributed by atoms with Crippen LogP contribution in [0, 0.1) is 5.82 Å². The van der Waals surface area contributed by atoms with E-state index in [2.05, 4.69) is 41.3 Å². The first-order chi connectivity index (χ1) is 19.2. The number of anilines is 2. The number of carboxylic acids is 1. The number of aromatic nitrogens is 6. The lowest BCUT2D eigenvalue weighted by Crippen LogP contribution is -2.25. The molecule has 0 bridgehead atoms. The van der Waals surface area contributed by atoms with E-state index in [9.17, 15) is 22.7 Å². The molecule has 5 heterocycles. The molecule has 0 spiro atoms. The topological polar surface area (TPSA) is 142 Å². The van der Waals surface area contributed by atoms with Crippen molar-refractivity contribution in [2.24, 2.45) is 0 Å². The van der Waals surface area contributed by atoms with Crippen LogP contribution in [-0.4, -0.2) is 64.6 Å². The summed E-state index contributed by atoms with van der Waals surface area (Å²) in [7, 11) is 0. The number of hydrogen-bond acceptors (Lipinski definition) is 8. The van der Waals surface area contributed by atoms with Crippen LogP contribution >= 0.6 is 0 Å².